The SMILES string of the molecule is C[C@H](NC(=O)C1(C)COCC1N)c1ccco1. The van der Waals surface area contributed by atoms with Gasteiger partial charge in [-0.2, -0.15) is 0 Å². The molecule has 1 amide bonds. The van der Waals surface area contributed by atoms with Crippen LogP contribution in [0.4, 0.5) is 0 Å². The van der Waals surface area contributed by atoms with E-state index in [0.717, 1.165) is 5.76 Å². The van der Waals surface area contributed by atoms with Crippen LogP contribution in [0.2, 0.25) is 0 Å². The minimum atomic E-state index is -0.652. The van der Waals surface area contributed by atoms with Gasteiger partial charge in [-0.3, -0.25) is 4.79 Å². The lowest BCUT2D eigenvalue weighted by Crippen LogP contribution is -2.50. The summed E-state index contributed by atoms with van der Waals surface area (Å²) in [4.78, 5) is 12.2. The van der Waals surface area contributed by atoms with Crippen molar-refractivity contribution < 1.29 is 13.9 Å². The van der Waals surface area contributed by atoms with Gasteiger partial charge in [0.1, 0.15) is 5.76 Å². The zero-order valence-corrected chi connectivity index (χ0v) is 10.1. The first-order chi connectivity index (χ1) is 8.04. The summed E-state index contributed by atoms with van der Waals surface area (Å²) in [5.41, 5.74) is 5.25. The van der Waals surface area contributed by atoms with Crippen LogP contribution < -0.4 is 11.1 Å². The Kier molecular flexibility index (Phi) is 3.22. The van der Waals surface area contributed by atoms with Crippen LogP contribution in [-0.4, -0.2) is 25.2 Å². The van der Waals surface area contributed by atoms with E-state index < -0.39 is 5.41 Å². The van der Waals surface area contributed by atoms with Crippen LogP contribution in [0.3, 0.4) is 0 Å². The number of ether oxygens (including phenoxy) is 1. The smallest absolute Gasteiger partial charge is 0.230 e. The van der Waals surface area contributed by atoms with Gasteiger partial charge < -0.3 is 20.2 Å². The van der Waals surface area contributed by atoms with Crippen LogP contribution in [0.15, 0.2) is 22.8 Å². The molecule has 17 heavy (non-hydrogen) atoms. The molecule has 0 aromatic carbocycles. The Morgan fingerprint density at radius 1 is 1.71 bits per heavy atom. The molecule has 1 aromatic rings. The molecule has 1 aromatic heterocycles. The summed E-state index contributed by atoms with van der Waals surface area (Å²) in [6, 6.07) is 3.20. The van der Waals surface area contributed by atoms with Gasteiger partial charge in [0.2, 0.25) is 5.91 Å². The molecular weight excluding hydrogens is 220 g/mol. The van der Waals surface area contributed by atoms with Crippen molar-refractivity contribution >= 4 is 5.91 Å². The molecule has 3 atom stereocenters. The molecule has 2 unspecified atom stereocenters. The van der Waals surface area contributed by atoms with E-state index in [4.69, 9.17) is 14.9 Å². The highest BCUT2D eigenvalue weighted by Gasteiger charge is 2.44. The number of nitrogens with one attached hydrogen (secondary N) is 1. The van der Waals surface area contributed by atoms with Gasteiger partial charge in [-0.05, 0) is 26.0 Å². The second kappa shape index (κ2) is 4.50. The molecule has 94 valence electrons. The standard InChI is InChI=1S/C12H18N2O3/c1-8(9-4-3-5-17-9)14-11(15)12(2)7-16-6-10(12)13/h3-5,8,10H,6-7,13H2,1-2H3,(H,14,15)/t8-,10?,12?/m0/s1. The molecule has 1 aliphatic rings. The van der Waals surface area contributed by atoms with Gasteiger partial charge in [0, 0.05) is 6.04 Å². The molecule has 0 aliphatic carbocycles. The van der Waals surface area contributed by atoms with Crippen molar-refractivity contribution in [2.45, 2.75) is 25.9 Å². The van der Waals surface area contributed by atoms with Crippen molar-refractivity contribution in [3.8, 4) is 0 Å². The maximum Gasteiger partial charge on any atom is 0.230 e. The number of rotatable bonds is 3. The van der Waals surface area contributed by atoms with Gasteiger partial charge in [0.05, 0.1) is 30.9 Å². The highest BCUT2D eigenvalue weighted by molar-refractivity contribution is 5.83. The van der Waals surface area contributed by atoms with E-state index >= 15 is 0 Å². The molecule has 2 heterocycles. The first kappa shape index (κ1) is 12.1. The van der Waals surface area contributed by atoms with Gasteiger partial charge >= 0.3 is 0 Å². The molecular formula is C12H18N2O3. The van der Waals surface area contributed by atoms with Crippen molar-refractivity contribution in [3.05, 3.63) is 24.2 Å². The lowest BCUT2D eigenvalue weighted by Gasteiger charge is -2.27. The Balaban J connectivity index is 2.02. The van der Waals surface area contributed by atoms with Crippen molar-refractivity contribution in [2.75, 3.05) is 13.2 Å². The molecule has 0 spiro atoms. The average molecular weight is 238 g/mol. The molecule has 2 rings (SSSR count). The van der Waals surface area contributed by atoms with E-state index in [2.05, 4.69) is 5.32 Å². The van der Waals surface area contributed by atoms with Crippen LogP contribution in [0.5, 0.6) is 0 Å². The third-order valence-electron chi connectivity index (χ3n) is 3.35. The summed E-state index contributed by atoms with van der Waals surface area (Å²) in [6.45, 7) is 4.50. The molecule has 5 nitrogen and oxygen atoms in total. The molecule has 3 N–H and O–H groups in total. The summed E-state index contributed by atoms with van der Waals surface area (Å²) in [6.07, 6.45) is 1.59. The molecule has 0 bridgehead atoms. The third kappa shape index (κ3) is 2.21. The lowest BCUT2D eigenvalue weighted by molar-refractivity contribution is -0.131. The van der Waals surface area contributed by atoms with E-state index in [-0.39, 0.29) is 18.0 Å². The summed E-state index contributed by atoms with van der Waals surface area (Å²) in [5, 5.41) is 2.90. The van der Waals surface area contributed by atoms with Crippen LogP contribution in [0.25, 0.3) is 0 Å². The predicted molar refractivity (Wildman–Crippen MR) is 62.2 cm³/mol. The number of hydrogen-bond acceptors (Lipinski definition) is 4. The number of carbonyl (C=O) groups excluding carboxylic acids is 1. The predicted octanol–water partition coefficient (Wildman–Crippen LogP) is 0.821. The second-order valence-electron chi connectivity index (χ2n) is 4.75. The minimum Gasteiger partial charge on any atom is -0.467 e. The Labute approximate surface area is 100 Å². The largest absolute Gasteiger partial charge is 0.467 e. The second-order valence-corrected chi connectivity index (χ2v) is 4.75. The average Bonchev–Trinajstić information content (AvgIpc) is 2.90. The molecule has 1 aliphatic heterocycles. The molecule has 5 heteroatoms. The first-order valence-electron chi connectivity index (χ1n) is 5.72. The van der Waals surface area contributed by atoms with Crippen molar-refractivity contribution in [1.29, 1.82) is 0 Å². The van der Waals surface area contributed by atoms with E-state index in [1.54, 1.807) is 12.3 Å². The minimum absolute atomic E-state index is 0.0913. The molecule has 1 saturated heterocycles. The Hall–Kier alpha value is -1.33. The topological polar surface area (TPSA) is 77.5 Å². The fourth-order valence-corrected chi connectivity index (χ4v) is 1.89. The van der Waals surface area contributed by atoms with Crippen LogP contribution in [0, 0.1) is 5.41 Å². The quantitative estimate of drug-likeness (QED) is 0.817. The molecule has 0 saturated carbocycles. The van der Waals surface area contributed by atoms with Gasteiger partial charge in [0.25, 0.3) is 0 Å². The van der Waals surface area contributed by atoms with Crippen molar-refractivity contribution in [2.24, 2.45) is 11.1 Å². The molecule has 0 radical (unpaired) electrons. The maximum atomic E-state index is 12.2. The third-order valence-corrected chi connectivity index (χ3v) is 3.35. The van der Waals surface area contributed by atoms with Gasteiger partial charge in [-0.1, -0.05) is 0 Å². The van der Waals surface area contributed by atoms with Crippen molar-refractivity contribution in [3.63, 3.8) is 0 Å². The number of nitrogens with two attached hydrogens (primary N) is 1. The fourth-order valence-electron chi connectivity index (χ4n) is 1.89. The summed E-state index contributed by atoms with van der Waals surface area (Å²) in [5.74, 6) is 0.640. The van der Waals surface area contributed by atoms with Crippen molar-refractivity contribution in [1.82, 2.24) is 5.32 Å². The summed E-state index contributed by atoms with van der Waals surface area (Å²) >= 11 is 0. The summed E-state index contributed by atoms with van der Waals surface area (Å²) in [7, 11) is 0. The molecule has 1 fully saturated rings. The van der Waals surface area contributed by atoms with E-state index in [1.165, 1.54) is 0 Å². The zero-order chi connectivity index (χ0) is 12.5. The fraction of sp³-hybridized carbons (Fsp3) is 0.583. The number of carbonyl (C=O) groups is 1. The van der Waals surface area contributed by atoms with Gasteiger partial charge in [-0.15, -0.1) is 0 Å². The zero-order valence-electron chi connectivity index (χ0n) is 10.1. The summed E-state index contributed by atoms with van der Waals surface area (Å²) < 4.78 is 10.5. The van der Waals surface area contributed by atoms with E-state index in [1.807, 2.05) is 19.9 Å². The van der Waals surface area contributed by atoms with E-state index in [0.29, 0.717) is 13.2 Å². The highest BCUT2D eigenvalue weighted by atomic mass is 16.5. The Bertz CT molecular complexity index is 390. The first-order valence-corrected chi connectivity index (χ1v) is 5.72. The van der Waals surface area contributed by atoms with Crippen LogP contribution in [-0.2, 0) is 9.53 Å². The Morgan fingerprint density at radius 3 is 3.00 bits per heavy atom. The number of hydrogen-bond donors (Lipinski definition) is 2. The van der Waals surface area contributed by atoms with E-state index in [9.17, 15) is 4.79 Å². The Morgan fingerprint density at radius 2 is 2.47 bits per heavy atom. The van der Waals surface area contributed by atoms with Gasteiger partial charge in [0.15, 0.2) is 0 Å². The monoisotopic (exact) mass is 238 g/mol. The number of amides is 1. The van der Waals surface area contributed by atoms with Crippen LogP contribution in [0.1, 0.15) is 25.6 Å². The maximum absolute atomic E-state index is 12.2. The van der Waals surface area contributed by atoms with Crippen LogP contribution >= 0.6 is 0 Å². The highest BCUT2D eigenvalue weighted by Crippen LogP contribution is 2.28. The lowest BCUT2D eigenvalue weighted by atomic mass is 9.84. The van der Waals surface area contributed by atoms with Gasteiger partial charge in [-0.25, -0.2) is 0 Å². The normalized spacial score (nSPS) is 30.2. The number of furan rings is 1.